The highest BCUT2D eigenvalue weighted by Crippen LogP contribution is 2.38. The van der Waals surface area contributed by atoms with Gasteiger partial charge in [-0.3, -0.25) is 14.2 Å². The lowest BCUT2D eigenvalue weighted by molar-refractivity contribution is -0.136. The molecule has 5 N–H and O–H groups in total. The van der Waals surface area contributed by atoms with Crippen molar-refractivity contribution in [3.63, 3.8) is 0 Å². The minimum absolute atomic E-state index is 0.129. The van der Waals surface area contributed by atoms with E-state index in [2.05, 4.69) is 49.4 Å². The minimum Gasteiger partial charge on any atom is -0.465 e. The molecule has 0 radical (unpaired) electrons. The van der Waals surface area contributed by atoms with E-state index >= 15 is 0 Å². The first kappa shape index (κ1) is 47.8. The van der Waals surface area contributed by atoms with E-state index < -0.39 is 24.3 Å². The fourth-order valence-corrected chi connectivity index (χ4v) is 10.5. The van der Waals surface area contributed by atoms with Crippen LogP contribution in [0.25, 0.3) is 51.0 Å². The van der Waals surface area contributed by atoms with Gasteiger partial charge in [0.25, 0.3) is 0 Å². The summed E-state index contributed by atoms with van der Waals surface area (Å²) in [4.78, 5) is 70.9. The molecule has 9 rings (SSSR count). The number of rotatable bonds is 14. The highest BCUT2D eigenvalue weighted by molar-refractivity contribution is 5.87. The largest absolute Gasteiger partial charge is 0.465 e. The molecule has 366 valence electrons. The van der Waals surface area contributed by atoms with Crippen molar-refractivity contribution >= 4 is 24.0 Å². The van der Waals surface area contributed by atoms with E-state index in [1.54, 1.807) is 17.3 Å². The van der Waals surface area contributed by atoms with Gasteiger partial charge in [-0.15, -0.1) is 10.2 Å². The molecule has 0 unspecified atom stereocenters. The van der Waals surface area contributed by atoms with E-state index in [4.69, 9.17) is 24.9 Å². The number of imidazole rings is 2. The number of carbonyl (C=O) groups excluding carboxylic acids is 3. The molecule has 3 fully saturated rings. The number of alkyl carbamates (subject to hydrolysis) is 1. The van der Waals surface area contributed by atoms with Gasteiger partial charge >= 0.3 is 12.2 Å². The fraction of sp³-hybridized carbons (Fsp3) is 0.434. The molecule has 2 aliphatic heterocycles. The van der Waals surface area contributed by atoms with Crippen LogP contribution in [-0.2, 0) is 14.3 Å². The van der Waals surface area contributed by atoms with Crippen LogP contribution in [0.1, 0.15) is 121 Å². The van der Waals surface area contributed by atoms with Gasteiger partial charge in [0, 0.05) is 29.9 Å². The highest BCUT2D eigenvalue weighted by Gasteiger charge is 2.39. The average Bonchev–Trinajstić information content (AvgIpc) is 4.24. The molecule has 17 heteroatoms. The summed E-state index contributed by atoms with van der Waals surface area (Å²) in [7, 11) is 1.29. The summed E-state index contributed by atoms with van der Waals surface area (Å²) in [6.07, 6.45) is 11.1. The lowest BCUT2D eigenvalue weighted by Crippen LogP contribution is -2.51. The van der Waals surface area contributed by atoms with Crippen molar-refractivity contribution in [1.82, 2.24) is 55.1 Å². The number of nitrogens with one attached hydrogen (secondary N) is 4. The zero-order valence-electron chi connectivity index (χ0n) is 40.5. The number of carbonyl (C=O) groups is 4. The number of likely N-dealkylation sites (tertiary alicyclic amines) is 2. The summed E-state index contributed by atoms with van der Waals surface area (Å²) in [6.45, 7) is 8.58. The predicted molar refractivity (Wildman–Crippen MR) is 265 cm³/mol. The Balaban J connectivity index is 0.971. The third-order valence-electron chi connectivity index (χ3n) is 14.3. The fourth-order valence-electron chi connectivity index (χ4n) is 10.5. The second-order valence-corrected chi connectivity index (χ2v) is 19.5. The van der Waals surface area contributed by atoms with Crippen LogP contribution in [0, 0.1) is 11.8 Å². The van der Waals surface area contributed by atoms with Gasteiger partial charge in [0.15, 0.2) is 11.6 Å². The molecular weight excluding hydrogens is 887 g/mol. The SMILES string of the molecule is COC(=O)N[C@H](C(=O)N1CCC[C@H]1c1ncc(-c2ccc(-c3nnc(-c4ccc(-c5cnc([C@@H]6CCCN6C(=O)[C@@H](NC(=O)O)C(C)C)[nH]5)cc4)n3-c3ccc(C4CCCCC4)cc3)cc2)[nH]1)C(C)C. The van der Waals surface area contributed by atoms with E-state index in [1.165, 1.54) is 44.8 Å². The number of hydrogen-bond acceptors (Lipinski definition) is 9. The van der Waals surface area contributed by atoms with Gasteiger partial charge < -0.3 is 40.2 Å². The normalized spacial score (nSPS) is 18.3. The second-order valence-electron chi connectivity index (χ2n) is 19.5. The van der Waals surface area contributed by atoms with Gasteiger partial charge in [-0.05, 0) is 85.1 Å². The molecular formula is C53H63N11O6. The van der Waals surface area contributed by atoms with Gasteiger partial charge in [-0.1, -0.05) is 108 Å². The number of nitrogens with zero attached hydrogens (tertiary/aromatic N) is 7. The van der Waals surface area contributed by atoms with Crippen LogP contribution < -0.4 is 10.6 Å². The van der Waals surface area contributed by atoms with Gasteiger partial charge in [-0.25, -0.2) is 19.6 Å². The Morgan fingerprint density at radius 1 is 0.614 bits per heavy atom. The lowest BCUT2D eigenvalue weighted by atomic mass is 9.84. The molecule has 4 atom stereocenters. The number of benzene rings is 3. The third kappa shape index (κ3) is 9.92. The van der Waals surface area contributed by atoms with Crippen LogP contribution in [0.4, 0.5) is 9.59 Å². The van der Waals surface area contributed by atoms with Crippen LogP contribution in [-0.4, -0.2) is 106 Å². The van der Waals surface area contributed by atoms with Crippen molar-refractivity contribution in [3.8, 4) is 51.0 Å². The maximum atomic E-state index is 13.8. The van der Waals surface area contributed by atoms with Crippen LogP contribution in [0.15, 0.2) is 85.2 Å². The molecule has 3 aromatic heterocycles. The molecule has 3 aliphatic rings. The minimum atomic E-state index is -1.22. The van der Waals surface area contributed by atoms with Gasteiger partial charge in [0.2, 0.25) is 11.8 Å². The Kier molecular flexibility index (Phi) is 14.1. The molecule has 2 saturated heterocycles. The Hall–Kier alpha value is -7.30. The first-order chi connectivity index (χ1) is 33.9. The number of methoxy groups -OCH3 is 1. The van der Waals surface area contributed by atoms with Crippen LogP contribution in [0.2, 0.25) is 0 Å². The third-order valence-corrected chi connectivity index (χ3v) is 14.3. The smallest absolute Gasteiger partial charge is 0.407 e. The van der Waals surface area contributed by atoms with Gasteiger partial charge in [0.05, 0.1) is 43.0 Å². The zero-order valence-corrected chi connectivity index (χ0v) is 40.5. The summed E-state index contributed by atoms with van der Waals surface area (Å²) in [5, 5.41) is 24.2. The number of aromatic nitrogens is 7. The van der Waals surface area contributed by atoms with Crippen molar-refractivity contribution in [1.29, 1.82) is 0 Å². The molecule has 0 spiro atoms. The van der Waals surface area contributed by atoms with Crippen molar-refractivity contribution in [2.75, 3.05) is 20.2 Å². The number of amides is 4. The van der Waals surface area contributed by atoms with Crippen molar-refractivity contribution < 1.29 is 29.0 Å². The number of carboxylic acid groups (broad SMARTS) is 1. The number of ether oxygens (including phenoxy) is 1. The van der Waals surface area contributed by atoms with Crippen molar-refractivity contribution in [2.24, 2.45) is 11.8 Å². The number of hydrogen-bond donors (Lipinski definition) is 5. The average molecular weight is 950 g/mol. The standard InChI is InChI=1S/C53H63N11O6/c1-31(2)44(58-52(67)68)50(65)62-27-9-13-42(62)46-54-29-40(56-46)35-15-19-37(20-16-35)48-60-61-49(64(48)39-25-23-34(24-26-39)33-11-7-6-8-12-33)38-21-17-36(18-22-38)41-30-55-47(57-41)43-14-10-28-63(43)51(66)45(32(3)4)59-53(69)70-5/h15-26,29-33,42-45,58H,6-14,27-28H2,1-5H3,(H,54,56)(H,55,57)(H,59,69)(H,67,68)/t42-,43-,44-,45-/m0/s1. The lowest BCUT2D eigenvalue weighted by Gasteiger charge is -2.30. The monoisotopic (exact) mass is 949 g/mol. The number of aromatic amines is 2. The first-order valence-electron chi connectivity index (χ1n) is 24.7. The first-order valence-corrected chi connectivity index (χ1v) is 24.7. The van der Waals surface area contributed by atoms with Crippen molar-refractivity contribution in [3.05, 3.63) is 102 Å². The maximum Gasteiger partial charge on any atom is 0.407 e. The Morgan fingerprint density at radius 3 is 1.51 bits per heavy atom. The summed E-state index contributed by atoms with van der Waals surface area (Å²) in [6, 6.07) is 23.0. The summed E-state index contributed by atoms with van der Waals surface area (Å²) in [5.41, 5.74) is 7.52. The zero-order chi connectivity index (χ0) is 49.1. The quantitative estimate of drug-likeness (QED) is 0.0697. The van der Waals surface area contributed by atoms with E-state index in [0.29, 0.717) is 42.3 Å². The maximum absolute atomic E-state index is 13.8. The molecule has 17 nitrogen and oxygen atoms in total. The topological polar surface area (TPSA) is 216 Å². The Labute approximate surface area is 407 Å². The number of H-pyrrole nitrogens is 2. The summed E-state index contributed by atoms with van der Waals surface area (Å²) < 4.78 is 6.91. The molecule has 0 bridgehead atoms. The van der Waals surface area contributed by atoms with Crippen LogP contribution >= 0.6 is 0 Å². The Morgan fingerprint density at radius 2 is 1.07 bits per heavy atom. The highest BCUT2D eigenvalue weighted by atomic mass is 16.5. The van der Waals surface area contributed by atoms with Gasteiger partial charge in [0.1, 0.15) is 23.7 Å². The van der Waals surface area contributed by atoms with Gasteiger partial charge in [-0.2, -0.15) is 0 Å². The molecule has 6 aromatic rings. The molecule has 70 heavy (non-hydrogen) atoms. The summed E-state index contributed by atoms with van der Waals surface area (Å²) >= 11 is 0. The van der Waals surface area contributed by atoms with E-state index in [-0.39, 0.29) is 35.7 Å². The second kappa shape index (κ2) is 20.7. The Bertz CT molecular complexity index is 2790. The van der Waals surface area contributed by atoms with Crippen LogP contribution in [0.5, 0.6) is 0 Å². The van der Waals surface area contributed by atoms with E-state index in [1.807, 2.05) is 81.1 Å². The molecule has 5 heterocycles. The van der Waals surface area contributed by atoms with E-state index in [9.17, 15) is 24.3 Å². The van der Waals surface area contributed by atoms with Crippen LogP contribution in [0.3, 0.4) is 0 Å². The molecule has 4 amide bonds. The van der Waals surface area contributed by atoms with E-state index in [0.717, 1.165) is 65.0 Å². The van der Waals surface area contributed by atoms with Crippen molar-refractivity contribution in [2.45, 2.75) is 116 Å². The molecule has 1 saturated carbocycles. The molecule has 1 aliphatic carbocycles. The predicted octanol–water partition coefficient (Wildman–Crippen LogP) is 9.43. The summed E-state index contributed by atoms with van der Waals surface area (Å²) in [5.74, 6) is 2.57. The molecule has 3 aromatic carbocycles.